The second-order valence-corrected chi connectivity index (χ2v) is 6.96. The van der Waals surface area contributed by atoms with E-state index in [0.717, 1.165) is 42.2 Å². The second kappa shape index (κ2) is 4.91. The lowest BCUT2D eigenvalue weighted by atomic mass is 9.50. The smallest absolute Gasteiger partial charge is 0.0100 e. The molecule has 4 fully saturated rings. The molecule has 1 nitrogen and oxygen atoms in total. The van der Waals surface area contributed by atoms with Crippen LogP contribution in [0.15, 0.2) is 0 Å². The Morgan fingerprint density at radius 2 is 1.53 bits per heavy atom. The van der Waals surface area contributed by atoms with Crippen molar-refractivity contribution in [2.45, 2.75) is 64.8 Å². The minimum absolute atomic E-state index is 0.833. The zero-order valence-corrected chi connectivity index (χ0v) is 11.6. The van der Waals surface area contributed by atoms with Gasteiger partial charge in [0, 0.05) is 6.04 Å². The molecule has 0 radical (unpaired) electrons. The van der Waals surface area contributed by atoms with Gasteiger partial charge in [0.15, 0.2) is 0 Å². The third-order valence-electron chi connectivity index (χ3n) is 5.83. The molecule has 0 aliphatic heterocycles. The summed E-state index contributed by atoms with van der Waals surface area (Å²) in [6.07, 6.45) is 10.6. The number of hydrogen-bond acceptors (Lipinski definition) is 1. The van der Waals surface area contributed by atoms with Gasteiger partial charge in [-0.05, 0) is 74.7 Å². The lowest BCUT2D eigenvalue weighted by Crippen LogP contribution is -2.52. The highest BCUT2D eigenvalue weighted by Crippen LogP contribution is 2.57. The first-order valence-electron chi connectivity index (χ1n) is 8.05. The third-order valence-corrected chi connectivity index (χ3v) is 5.83. The van der Waals surface area contributed by atoms with Crippen molar-refractivity contribution < 1.29 is 0 Å². The SMILES string of the molecule is CCCC(NCC)C1C2CC3CC(C2)CC1C3. The van der Waals surface area contributed by atoms with E-state index in [1.807, 2.05) is 0 Å². The zero-order valence-electron chi connectivity index (χ0n) is 11.6. The number of rotatable bonds is 5. The Hall–Kier alpha value is -0.0400. The molecule has 1 unspecified atom stereocenters. The molecule has 4 aliphatic carbocycles. The standard InChI is InChI=1S/C16H29N/c1-3-5-15(17-4-2)16-13-7-11-6-12(9-13)10-14(16)8-11/h11-17H,3-10H2,1-2H3. The van der Waals surface area contributed by atoms with Gasteiger partial charge >= 0.3 is 0 Å². The summed E-state index contributed by atoms with van der Waals surface area (Å²) in [7, 11) is 0. The Bertz CT molecular complexity index is 226. The first-order valence-corrected chi connectivity index (χ1v) is 8.05. The largest absolute Gasteiger partial charge is 0.314 e. The molecular formula is C16H29N. The van der Waals surface area contributed by atoms with Crippen molar-refractivity contribution in [1.82, 2.24) is 5.32 Å². The van der Waals surface area contributed by atoms with E-state index in [2.05, 4.69) is 19.2 Å². The van der Waals surface area contributed by atoms with E-state index in [1.54, 1.807) is 32.1 Å². The molecule has 0 heterocycles. The van der Waals surface area contributed by atoms with E-state index in [-0.39, 0.29) is 0 Å². The molecule has 0 aromatic carbocycles. The Morgan fingerprint density at radius 3 is 2.00 bits per heavy atom. The first kappa shape index (κ1) is 12.0. The quantitative estimate of drug-likeness (QED) is 0.763. The normalized spacial score (nSPS) is 45.2. The Balaban J connectivity index is 1.73. The van der Waals surface area contributed by atoms with Gasteiger partial charge in [0.2, 0.25) is 0 Å². The average Bonchev–Trinajstić information content (AvgIpc) is 2.28. The summed E-state index contributed by atoms with van der Waals surface area (Å²) in [4.78, 5) is 0. The summed E-state index contributed by atoms with van der Waals surface area (Å²) < 4.78 is 0. The molecule has 0 aromatic rings. The van der Waals surface area contributed by atoms with Crippen LogP contribution < -0.4 is 5.32 Å². The van der Waals surface area contributed by atoms with Gasteiger partial charge in [-0.25, -0.2) is 0 Å². The molecule has 0 saturated heterocycles. The van der Waals surface area contributed by atoms with Gasteiger partial charge in [0.05, 0.1) is 0 Å². The van der Waals surface area contributed by atoms with Crippen LogP contribution in [-0.2, 0) is 0 Å². The molecule has 0 spiro atoms. The van der Waals surface area contributed by atoms with Crippen LogP contribution in [0.1, 0.15) is 58.8 Å². The Morgan fingerprint density at radius 1 is 0.941 bits per heavy atom. The van der Waals surface area contributed by atoms with Crippen LogP contribution in [0.5, 0.6) is 0 Å². The summed E-state index contributed by atoms with van der Waals surface area (Å²) in [6, 6.07) is 0.833. The number of nitrogens with one attached hydrogen (secondary N) is 1. The summed E-state index contributed by atoms with van der Waals surface area (Å²) in [5.74, 6) is 5.45. The van der Waals surface area contributed by atoms with Crippen molar-refractivity contribution in [3.8, 4) is 0 Å². The van der Waals surface area contributed by atoms with Crippen molar-refractivity contribution in [2.75, 3.05) is 6.54 Å². The highest BCUT2D eigenvalue weighted by molar-refractivity contribution is 5.01. The van der Waals surface area contributed by atoms with Gasteiger partial charge in [-0.1, -0.05) is 20.3 Å². The molecule has 1 N–H and O–H groups in total. The second-order valence-electron chi connectivity index (χ2n) is 6.96. The van der Waals surface area contributed by atoms with Gasteiger partial charge in [-0.15, -0.1) is 0 Å². The van der Waals surface area contributed by atoms with E-state index in [1.165, 1.54) is 12.8 Å². The van der Waals surface area contributed by atoms with Gasteiger partial charge in [-0.3, -0.25) is 0 Å². The first-order chi connectivity index (χ1) is 8.31. The molecule has 0 amide bonds. The van der Waals surface area contributed by atoms with Crippen molar-refractivity contribution in [2.24, 2.45) is 29.6 Å². The molecule has 4 aliphatic rings. The summed E-state index contributed by atoms with van der Waals surface area (Å²) >= 11 is 0. The zero-order chi connectivity index (χ0) is 11.8. The molecule has 4 rings (SSSR count). The van der Waals surface area contributed by atoms with Crippen LogP contribution in [-0.4, -0.2) is 12.6 Å². The fraction of sp³-hybridized carbons (Fsp3) is 1.00. The van der Waals surface area contributed by atoms with Gasteiger partial charge in [0.25, 0.3) is 0 Å². The predicted octanol–water partition coefficient (Wildman–Crippen LogP) is 3.84. The van der Waals surface area contributed by atoms with E-state index in [0.29, 0.717) is 0 Å². The van der Waals surface area contributed by atoms with Crippen molar-refractivity contribution in [3.63, 3.8) is 0 Å². The van der Waals surface area contributed by atoms with E-state index in [4.69, 9.17) is 0 Å². The maximum Gasteiger partial charge on any atom is 0.0100 e. The van der Waals surface area contributed by atoms with Crippen molar-refractivity contribution >= 4 is 0 Å². The topological polar surface area (TPSA) is 12.0 Å². The van der Waals surface area contributed by atoms with E-state index >= 15 is 0 Å². The van der Waals surface area contributed by atoms with Gasteiger partial charge in [-0.2, -0.15) is 0 Å². The highest BCUT2D eigenvalue weighted by Gasteiger charge is 2.49. The Labute approximate surface area is 107 Å². The van der Waals surface area contributed by atoms with Crippen LogP contribution >= 0.6 is 0 Å². The molecular weight excluding hydrogens is 206 g/mol. The maximum atomic E-state index is 3.81. The lowest BCUT2D eigenvalue weighted by Gasteiger charge is -2.56. The van der Waals surface area contributed by atoms with Gasteiger partial charge < -0.3 is 5.32 Å². The fourth-order valence-electron chi connectivity index (χ4n) is 5.63. The molecule has 17 heavy (non-hydrogen) atoms. The predicted molar refractivity (Wildman–Crippen MR) is 72.9 cm³/mol. The molecule has 4 saturated carbocycles. The summed E-state index contributed by atoms with van der Waals surface area (Å²) in [5.41, 5.74) is 0. The Kier molecular flexibility index (Phi) is 3.47. The summed E-state index contributed by atoms with van der Waals surface area (Å²) in [6.45, 7) is 5.78. The average molecular weight is 235 g/mol. The van der Waals surface area contributed by atoms with Crippen molar-refractivity contribution in [3.05, 3.63) is 0 Å². The van der Waals surface area contributed by atoms with Crippen LogP contribution in [0.25, 0.3) is 0 Å². The molecule has 4 bridgehead atoms. The molecule has 0 aromatic heterocycles. The lowest BCUT2D eigenvalue weighted by molar-refractivity contribution is -0.0527. The molecule has 1 heteroatoms. The molecule has 1 atom stereocenters. The van der Waals surface area contributed by atoms with Gasteiger partial charge in [0.1, 0.15) is 0 Å². The van der Waals surface area contributed by atoms with E-state index in [9.17, 15) is 0 Å². The van der Waals surface area contributed by atoms with Crippen LogP contribution in [0.2, 0.25) is 0 Å². The maximum absolute atomic E-state index is 3.81. The molecule has 98 valence electrons. The van der Waals surface area contributed by atoms with Crippen molar-refractivity contribution in [1.29, 1.82) is 0 Å². The summed E-state index contributed by atoms with van der Waals surface area (Å²) in [5, 5.41) is 3.81. The minimum Gasteiger partial charge on any atom is -0.314 e. The monoisotopic (exact) mass is 235 g/mol. The minimum atomic E-state index is 0.833. The fourth-order valence-corrected chi connectivity index (χ4v) is 5.63. The third kappa shape index (κ3) is 2.16. The van der Waals surface area contributed by atoms with Crippen LogP contribution in [0.3, 0.4) is 0 Å². The number of hydrogen-bond donors (Lipinski definition) is 1. The van der Waals surface area contributed by atoms with E-state index < -0.39 is 0 Å². The highest BCUT2D eigenvalue weighted by atomic mass is 14.9. The van der Waals surface area contributed by atoms with Crippen LogP contribution in [0.4, 0.5) is 0 Å². The van der Waals surface area contributed by atoms with Crippen LogP contribution in [0, 0.1) is 29.6 Å².